The molecule has 272 valence electrons. The van der Waals surface area contributed by atoms with Crippen LogP contribution in [0.15, 0.2) is 182 Å². The molecule has 5 nitrogen and oxygen atoms in total. The Balaban J connectivity index is 1.16. The van der Waals surface area contributed by atoms with Crippen LogP contribution in [0.3, 0.4) is 0 Å². The third-order valence-corrected chi connectivity index (χ3v) is 10.5. The zero-order valence-electron chi connectivity index (χ0n) is 46.0. The van der Waals surface area contributed by atoms with Crippen molar-refractivity contribution in [2.75, 3.05) is 0 Å². The maximum absolute atomic E-state index is 9.12. The fourth-order valence-electron chi connectivity index (χ4n) is 7.10. The van der Waals surface area contributed by atoms with E-state index < -0.39 is 79.3 Å². The van der Waals surface area contributed by atoms with E-state index in [1.165, 1.54) is 10.6 Å². The molecule has 0 atom stereocenters. The van der Waals surface area contributed by atoms with Crippen LogP contribution in [0.25, 0.3) is 72.3 Å². The Kier molecular flexibility index (Phi) is 5.08. The van der Waals surface area contributed by atoms with E-state index in [1.54, 1.807) is 77.4 Å². The number of fused-ring (bicyclic) bond motifs is 4. The van der Waals surface area contributed by atoms with Crippen molar-refractivity contribution in [2.45, 2.75) is 13.7 Å². The van der Waals surface area contributed by atoms with Gasteiger partial charge in [-0.3, -0.25) is 0 Å². The van der Waals surface area contributed by atoms with E-state index in [0.717, 1.165) is 0 Å². The predicted octanol–water partition coefficient (Wildman–Crippen LogP) is 12.7. The summed E-state index contributed by atoms with van der Waals surface area (Å²) in [6, 6.07) is 28.1. The van der Waals surface area contributed by atoms with Gasteiger partial charge in [-0.25, -0.2) is 0 Å². The van der Waals surface area contributed by atoms with Gasteiger partial charge in [-0.1, -0.05) is 12.1 Å². The Labute approximate surface area is 359 Å². The summed E-state index contributed by atoms with van der Waals surface area (Å²) in [4.78, 5) is 4.26. The Hall–Kier alpha value is -6.55. The first-order valence-corrected chi connectivity index (χ1v) is 18.4. The number of hydrogen-bond acceptors (Lipinski definition) is 2. The van der Waals surface area contributed by atoms with Crippen LogP contribution in [0.1, 0.15) is 34.4 Å². The summed E-state index contributed by atoms with van der Waals surface area (Å²) in [5, 5.41) is 1.38. The molecule has 56 heavy (non-hydrogen) atoms. The van der Waals surface area contributed by atoms with Crippen LogP contribution in [0, 0.1) is 17.5 Å². The van der Waals surface area contributed by atoms with Gasteiger partial charge < -0.3 is 0 Å². The Morgan fingerprint density at radius 2 is 1.25 bits per heavy atom. The van der Waals surface area contributed by atoms with Gasteiger partial charge in [0.05, 0.1) is 2.74 Å². The Bertz CT molecular complexity index is 4020. The second kappa shape index (κ2) is 13.9. The van der Waals surface area contributed by atoms with Crippen LogP contribution in [0.2, 0.25) is 0 Å². The molecule has 10 rings (SSSR count). The average Bonchev–Trinajstić information content (AvgIpc) is 3.82. The van der Waals surface area contributed by atoms with Crippen molar-refractivity contribution in [3.63, 3.8) is 0 Å². The van der Waals surface area contributed by atoms with Gasteiger partial charge in [0.1, 0.15) is 0 Å². The molecular weight excluding hydrogens is 868 g/mol. The molecule has 6 heteroatoms. The summed E-state index contributed by atoms with van der Waals surface area (Å²) < 4.78 is 157. The summed E-state index contributed by atoms with van der Waals surface area (Å²) in [5.74, 6) is 0.418. The van der Waals surface area contributed by atoms with E-state index in [9.17, 15) is 0 Å². The van der Waals surface area contributed by atoms with E-state index in [2.05, 4.69) is 24.3 Å². The van der Waals surface area contributed by atoms with Crippen LogP contribution in [0.5, 0.6) is 11.5 Å². The molecule has 3 heterocycles. The van der Waals surface area contributed by atoms with Crippen molar-refractivity contribution in [3.05, 3.63) is 197 Å². The van der Waals surface area contributed by atoms with Crippen molar-refractivity contribution in [3.8, 4) is 50.9 Å². The quantitative estimate of drug-likeness (QED) is 0.160. The Morgan fingerprint density at radius 3 is 2.05 bits per heavy atom. The van der Waals surface area contributed by atoms with Gasteiger partial charge in [-0.15, -0.1) is 0 Å². The molecule has 0 radical (unpaired) electrons. The van der Waals surface area contributed by atoms with E-state index in [-0.39, 0.29) is 45.8 Å². The molecule has 0 fully saturated rings. The average molecular weight is 921 g/mol. The second-order valence-electron chi connectivity index (χ2n) is 12.7. The summed E-state index contributed by atoms with van der Waals surface area (Å²) in [6.45, 7) is -6.10. The van der Waals surface area contributed by atoms with Gasteiger partial charge in [-0.05, 0) is 24.8 Å². The minimum absolute atomic E-state index is 0.00257. The predicted molar refractivity (Wildman–Crippen MR) is 225 cm³/mol. The van der Waals surface area contributed by atoms with E-state index in [0.29, 0.717) is 53.8 Å². The first-order chi connectivity index (χ1) is 34.5. The topological polar surface area (TPSA) is 36.9 Å². The number of nitrogens with zero attached hydrogens (tertiary/aromatic N) is 4. The molecule has 0 N–H and O–H groups in total. The summed E-state index contributed by atoms with van der Waals surface area (Å²) in [6.07, 6.45) is -0.790. The molecule has 0 spiro atoms. The van der Waals surface area contributed by atoms with Crippen molar-refractivity contribution >= 4 is 32.8 Å². The first kappa shape index (κ1) is 20.4. The molecule has 10 aromatic rings. The maximum atomic E-state index is 9.12. The molecule has 0 unspecified atom stereocenters. The van der Waals surface area contributed by atoms with Gasteiger partial charge in [0.2, 0.25) is 0 Å². The van der Waals surface area contributed by atoms with Gasteiger partial charge in [0, 0.05) is 14.4 Å². The summed E-state index contributed by atoms with van der Waals surface area (Å²) >= 11 is 2.12. The Morgan fingerprint density at radius 1 is 0.571 bits per heavy atom. The van der Waals surface area contributed by atoms with Crippen molar-refractivity contribution in [1.82, 2.24) is 18.7 Å². The molecule has 0 saturated heterocycles. The van der Waals surface area contributed by atoms with E-state index in [4.69, 9.17) is 28.0 Å². The fourth-order valence-corrected chi connectivity index (χ4v) is 8.20. The number of imidazole rings is 1. The van der Waals surface area contributed by atoms with Crippen molar-refractivity contribution < 1.29 is 47.4 Å². The number of hydrogen-bond donors (Lipinski definition) is 0. The molecule has 0 bridgehead atoms. The molecule has 0 aliphatic heterocycles. The van der Waals surface area contributed by atoms with Crippen LogP contribution < -0.4 is 4.74 Å². The normalized spacial score (nSPS) is 16.3. The van der Waals surface area contributed by atoms with E-state index >= 15 is 0 Å². The number of benzene rings is 7. The zero-order valence-corrected chi connectivity index (χ0v) is 31.3. The number of aromatic nitrogens is 4. The summed E-state index contributed by atoms with van der Waals surface area (Å²) in [5.41, 5.74) is 1.68. The minimum atomic E-state index is -3.07. The molecule has 0 amide bonds. The van der Waals surface area contributed by atoms with Crippen molar-refractivity contribution in [2.24, 2.45) is 0 Å². The molecule has 7 aromatic carbocycles. The van der Waals surface area contributed by atoms with Crippen LogP contribution >= 0.6 is 0 Å². The van der Waals surface area contributed by atoms with Crippen LogP contribution in [-0.2, 0) is 19.4 Å². The van der Waals surface area contributed by atoms with Crippen LogP contribution in [0.4, 0.5) is 0 Å². The first-order valence-electron chi connectivity index (χ1n) is 25.8. The second-order valence-corrected chi connectivity index (χ2v) is 13.7. The standard InChI is InChI=1S/C50H36N4O.Pt/c1-34-29-49(51-32-35(34)2)54-45-24-10-9-21-43(45)44-28-27-40(31-48(44)54)55-39-20-13-19-38(30-39)52-33-53(47-26-12-11-25-46(47)52)50-41(36-15-5-3-6-16-36)22-14-23-42(50)37-17-7-4-8-18-37;/h3-32H,1-2H3;/i1D3,2D3,3D,4D,5D,6D,7D,15D,16D,17D,18D,29D,32D;. The van der Waals surface area contributed by atoms with Gasteiger partial charge >= 0.3 is 306 Å². The monoisotopic (exact) mass is 920 g/mol. The molecular formula is C50H36N4OPt. The molecule has 3 aromatic heterocycles. The SMILES string of the molecule is [2H]c1cc([2H])c(-c2cccc(-c3c([2H])c([2H])c([2H])c([2H])c3[2H])c2-n2[c](=[Pt])n(-c3cccc(Oc4ccc5c6ccccc6n(-c6nc([2H])c(C([2H])([2H])[2H])c(C([2H])([2H])[2H])c6[2H])c5c4)c3)c3ccccc32)c([2H])c1[2H]. The third kappa shape index (κ3) is 5.75. The fraction of sp³-hybridized carbons (Fsp3) is 0.0400. The summed E-state index contributed by atoms with van der Waals surface area (Å²) in [7, 11) is 0. The number of para-hydroxylation sites is 4. The molecule has 0 aliphatic rings. The number of rotatable bonds is 7. The van der Waals surface area contributed by atoms with Gasteiger partial charge in [-0.2, -0.15) is 0 Å². The third-order valence-electron chi connectivity index (χ3n) is 9.48. The molecule has 0 saturated carbocycles. The van der Waals surface area contributed by atoms with Crippen LogP contribution in [-0.4, -0.2) is 18.7 Å². The van der Waals surface area contributed by atoms with Gasteiger partial charge in [0.15, 0.2) is 0 Å². The number of pyridine rings is 1. The molecule has 0 aliphatic carbocycles. The zero-order chi connectivity index (χ0) is 52.3. The van der Waals surface area contributed by atoms with Crippen molar-refractivity contribution in [1.29, 1.82) is 0 Å². The van der Waals surface area contributed by atoms with E-state index in [1.807, 2.05) is 41.0 Å². The number of ether oxygens (including phenoxy) is 1. The van der Waals surface area contributed by atoms with Gasteiger partial charge in [0.25, 0.3) is 0 Å².